The average molecular weight is 175 g/mol. The van der Waals surface area contributed by atoms with E-state index in [2.05, 4.69) is 0 Å². The Kier molecular flexibility index (Phi) is 3.06. The molecule has 11 heavy (non-hydrogen) atoms. The Balaban J connectivity index is 5.07. The third-order valence-corrected chi connectivity index (χ3v) is 4.14. The van der Waals surface area contributed by atoms with Crippen LogP contribution in [0.4, 0.5) is 0 Å². The van der Waals surface area contributed by atoms with E-state index >= 15 is 0 Å². The second-order valence-corrected chi connectivity index (χ2v) is 4.91. The molecule has 0 unspecified atom stereocenters. The summed E-state index contributed by atoms with van der Waals surface area (Å²) < 4.78 is 21.1. The fourth-order valence-electron chi connectivity index (χ4n) is 1.02. The molecule has 0 atom stereocenters. The van der Waals surface area contributed by atoms with Gasteiger partial charge in [-0.25, -0.2) is 8.42 Å². The molecule has 0 radical (unpaired) electrons. The van der Waals surface area contributed by atoms with Crippen LogP contribution in [-0.4, -0.2) is 19.4 Å². The highest BCUT2D eigenvalue weighted by atomic mass is 32.2. The minimum Gasteiger partial charge on any atom is -0.227 e. The lowest BCUT2D eigenvalue weighted by atomic mass is 10.1. The molecule has 0 spiro atoms. The highest BCUT2D eigenvalue weighted by molar-refractivity contribution is 7.92. The van der Waals surface area contributed by atoms with Gasteiger partial charge in [-0.3, -0.25) is 0 Å². The van der Waals surface area contributed by atoms with Crippen molar-refractivity contribution in [1.82, 2.24) is 0 Å². The molecule has 0 heterocycles. The van der Waals surface area contributed by atoms with E-state index in [0.717, 1.165) is 6.26 Å². The second-order valence-electron chi connectivity index (χ2n) is 2.59. The average Bonchev–Trinajstić information content (AvgIpc) is 1.90. The van der Waals surface area contributed by atoms with Crippen molar-refractivity contribution in [2.75, 3.05) is 6.26 Å². The predicted molar refractivity (Wildman–Crippen MR) is 43.8 cm³/mol. The number of hydrogen-bond donors (Lipinski definition) is 0. The normalized spacial score (nSPS) is 12.5. The highest BCUT2D eigenvalue weighted by Crippen LogP contribution is 2.23. The Morgan fingerprint density at radius 1 is 1.36 bits per heavy atom. The lowest BCUT2D eigenvalue weighted by Gasteiger charge is -2.20. The van der Waals surface area contributed by atoms with E-state index in [9.17, 15) is 8.42 Å². The van der Waals surface area contributed by atoms with Gasteiger partial charge in [-0.15, -0.1) is 0 Å². The van der Waals surface area contributed by atoms with E-state index in [1.165, 1.54) is 0 Å². The van der Waals surface area contributed by atoms with Gasteiger partial charge in [0, 0.05) is 6.26 Å². The van der Waals surface area contributed by atoms with Crippen molar-refractivity contribution in [2.24, 2.45) is 0 Å². The molecule has 0 aromatic carbocycles. The molecule has 0 fully saturated rings. The zero-order valence-electron chi connectivity index (χ0n) is 7.09. The molecule has 0 bridgehead atoms. The van der Waals surface area contributed by atoms with Crippen LogP contribution in [0, 0.1) is 11.3 Å². The van der Waals surface area contributed by atoms with Gasteiger partial charge in [0.1, 0.15) is 0 Å². The van der Waals surface area contributed by atoms with Gasteiger partial charge in [0.05, 0.1) is 6.07 Å². The first-order valence-electron chi connectivity index (χ1n) is 3.54. The molecule has 3 nitrogen and oxygen atoms in total. The van der Waals surface area contributed by atoms with Crippen LogP contribution in [0.1, 0.15) is 26.7 Å². The van der Waals surface area contributed by atoms with E-state index in [1.54, 1.807) is 13.8 Å². The lowest BCUT2D eigenvalue weighted by molar-refractivity contribution is 0.545. The highest BCUT2D eigenvalue weighted by Gasteiger charge is 2.37. The van der Waals surface area contributed by atoms with Crippen LogP contribution < -0.4 is 0 Å². The van der Waals surface area contributed by atoms with E-state index in [0.29, 0.717) is 12.8 Å². The number of sulfone groups is 1. The number of hydrogen-bond acceptors (Lipinski definition) is 3. The molecule has 0 aliphatic rings. The maximum absolute atomic E-state index is 11.1. The summed E-state index contributed by atoms with van der Waals surface area (Å²) in [6.45, 7) is 3.43. The first-order valence-corrected chi connectivity index (χ1v) is 5.43. The van der Waals surface area contributed by atoms with Crippen molar-refractivity contribution in [2.45, 2.75) is 31.4 Å². The number of nitriles is 1. The van der Waals surface area contributed by atoms with E-state index in [4.69, 9.17) is 5.26 Å². The van der Waals surface area contributed by atoms with E-state index < -0.39 is 14.6 Å². The predicted octanol–water partition coefficient (Wildman–Crippen LogP) is 1.11. The standard InChI is InChI=1S/C7H13NO2S/c1-4-7(5-2,6-8)11(3,9)10/h4-5H2,1-3H3. The molecule has 0 amide bonds. The van der Waals surface area contributed by atoms with Crippen LogP contribution in [0.15, 0.2) is 0 Å². The number of rotatable bonds is 3. The SMILES string of the molecule is CCC(C#N)(CC)S(C)(=O)=O. The van der Waals surface area contributed by atoms with Gasteiger partial charge < -0.3 is 0 Å². The molecular formula is C7H13NO2S. The largest absolute Gasteiger partial charge is 0.227 e. The maximum atomic E-state index is 11.1. The van der Waals surface area contributed by atoms with Gasteiger partial charge in [0.25, 0.3) is 0 Å². The van der Waals surface area contributed by atoms with Crippen molar-refractivity contribution in [1.29, 1.82) is 5.26 Å². The van der Waals surface area contributed by atoms with Crippen LogP contribution in [0.25, 0.3) is 0 Å². The monoisotopic (exact) mass is 175 g/mol. The van der Waals surface area contributed by atoms with Crippen LogP contribution in [0.3, 0.4) is 0 Å². The molecule has 64 valence electrons. The second kappa shape index (κ2) is 3.22. The Labute approximate surface area is 67.9 Å². The fourth-order valence-corrected chi connectivity index (χ4v) is 2.23. The molecule has 0 aliphatic carbocycles. The molecular weight excluding hydrogens is 162 g/mol. The maximum Gasteiger partial charge on any atom is 0.166 e. The topological polar surface area (TPSA) is 57.9 Å². The summed E-state index contributed by atoms with van der Waals surface area (Å²) in [6, 6.07) is 1.87. The minimum absolute atomic E-state index is 0.360. The third kappa shape index (κ3) is 1.72. The lowest BCUT2D eigenvalue weighted by Crippen LogP contribution is -2.34. The van der Waals surface area contributed by atoms with Gasteiger partial charge >= 0.3 is 0 Å². The van der Waals surface area contributed by atoms with Crippen molar-refractivity contribution < 1.29 is 8.42 Å². The fraction of sp³-hybridized carbons (Fsp3) is 0.857. The quantitative estimate of drug-likeness (QED) is 0.645. The Bertz CT molecular complexity index is 257. The van der Waals surface area contributed by atoms with E-state index in [1.807, 2.05) is 6.07 Å². The summed E-state index contributed by atoms with van der Waals surface area (Å²) in [5.74, 6) is 0. The first-order chi connectivity index (χ1) is 4.93. The van der Waals surface area contributed by atoms with Gasteiger partial charge in [-0.05, 0) is 12.8 Å². The smallest absolute Gasteiger partial charge is 0.166 e. The Morgan fingerprint density at radius 2 is 1.73 bits per heavy atom. The van der Waals surface area contributed by atoms with Crippen molar-refractivity contribution in [3.8, 4) is 6.07 Å². The zero-order chi connectivity index (χ0) is 9.12. The Hall–Kier alpha value is -0.560. The van der Waals surface area contributed by atoms with Gasteiger partial charge in [-0.2, -0.15) is 5.26 Å². The van der Waals surface area contributed by atoms with Crippen LogP contribution in [0.5, 0.6) is 0 Å². The molecule has 0 aromatic rings. The summed E-state index contributed by atoms with van der Waals surface area (Å²) in [6.07, 6.45) is 1.83. The summed E-state index contributed by atoms with van der Waals surface area (Å²) in [4.78, 5) is 0. The molecule has 0 rings (SSSR count). The first kappa shape index (κ1) is 10.4. The molecule has 0 saturated carbocycles. The zero-order valence-corrected chi connectivity index (χ0v) is 7.90. The summed E-state index contributed by atoms with van der Waals surface area (Å²) in [5, 5.41) is 8.68. The summed E-state index contributed by atoms with van der Waals surface area (Å²) in [7, 11) is -3.24. The molecule has 0 saturated heterocycles. The van der Waals surface area contributed by atoms with Crippen molar-refractivity contribution >= 4 is 9.84 Å². The molecule has 0 N–H and O–H groups in total. The van der Waals surface area contributed by atoms with Crippen molar-refractivity contribution in [3.05, 3.63) is 0 Å². The van der Waals surface area contributed by atoms with Crippen LogP contribution in [-0.2, 0) is 9.84 Å². The Morgan fingerprint density at radius 3 is 1.73 bits per heavy atom. The summed E-state index contributed by atoms with van der Waals surface area (Å²) >= 11 is 0. The van der Waals surface area contributed by atoms with Gasteiger partial charge in [-0.1, -0.05) is 13.8 Å². The van der Waals surface area contributed by atoms with Crippen LogP contribution >= 0.6 is 0 Å². The molecule has 4 heteroatoms. The van der Waals surface area contributed by atoms with Crippen molar-refractivity contribution in [3.63, 3.8) is 0 Å². The molecule has 0 aliphatic heterocycles. The summed E-state index contributed by atoms with van der Waals surface area (Å²) in [5.41, 5.74) is 0. The van der Waals surface area contributed by atoms with E-state index in [-0.39, 0.29) is 0 Å². The van der Waals surface area contributed by atoms with Gasteiger partial charge in [0.15, 0.2) is 14.6 Å². The third-order valence-electron chi connectivity index (χ3n) is 2.06. The minimum atomic E-state index is -3.24. The van der Waals surface area contributed by atoms with Crippen LogP contribution in [0.2, 0.25) is 0 Å². The molecule has 0 aromatic heterocycles. The number of nitrogens with zero attached hydrogens (tertiary/aromatic N) is 1. The van der Waals surface area contributed by atoms with Gasteiger partial charge in [0.2, 0.25) is 0 Å².